The molecule has 1 unspecified atom stereocenters. The number of para-hydroxylation sites is 3. The van der Waals surface area contributed by atoms with Crippen LogP contribution >= 0.6 is 0 Å². The summed E-state index contributed by atoms with van der Waals surface area (Å²) in [6.45, 7) is 0.445. The van der Waals surface area contributed by atoms with E-state index in [-0.39, 0.29) is 16.7 Å². The SMILES string of the molecule is NC(=O)N(c1cccc(C(=O)O)c1)C1C(=O)N(CC23CC4CC(CC(C4)C2)C3)c2ccccc2N(c2ccccc2)C1=O. The molecule has 220 valence electrons. The molecule has 5 aliphatic rings. The average Bonchev–Trinajstić information content (AvgIpc) is 3.06. The maximum atomic E-state index is 14.9. The summed E-state index contributed by atoms with van der Waals surface area (Å²) >= 11 is 0. The van der Waals surface area contributed by atoms with Crippen molar-refractivity contribution in [1.29, 1.82) is 0 Å². The number of amides is 4. The number of nitrogens with two attached hydrogens (primary N) is 1. The Balaban J connectivity index is 1.40. The number of urea groups is 1. The Morgan fingerprint density at radius 3 is 2.02 bits per heavy atom. The Hall–Kier alpha value is -4.66. The molecule has 1 aliphatic heterocycles. The van der Waals surface area contributed by atoms with Gasteiger partial charge in [-0.25, -0.2) is 9.59 Å². The van der Waals surface area contributed by atoms with Gasteiger partial charge in [-0.1, -0.05) is 36.4 Å². The van der Waals surface area contributed by atoms with Crippen LogP contribution in [0.4, 0.5) is 27.5 Å². The molecule has 4 amide bonds. The lowest BCUT2D eigenvalue weighted by molar-refractivity contribution is -0.128. The van der Waals surface area contributed by atoms with E-state index in [4.69, 9.17) is 5.73 Å². The minimum atomic E-state index is -1.65. The maximum absolute atomic E-state index is 14.9. The number of carbonyl (C=O) groups is 4. The molecule has 4 saturated carbocycles. The first-order valence-corrected chi connectivity index (χ1v) is 14.9. The van der Waals surface area contributed by atoms with Crippen LogP contribution in [0.15, 0.2) is 78.9 Å². The molecule has 4 aliphatic carbocycles. The smallest absolute Gasteiger partial charge is 0.335 e. The van der Waals surface area contributed by atoms with Crippen LogP contribution in [-0.2, 0) is 9.59 Å². The van der Waals surface area contributed by atoms with Gasteiger partial charge < -0.3 is 15.7 Å². The van der Waals surface area contributed by atoms with Crippen LogP contribution < -0.4 is 20.4 Å². The number of primary amides is 1. The fraction of sp³-hybridized carbons (Fsp3) is 0.353. The van der Waals surface area contributed by atoms with Crippen LogP contribution in [0.5, 0.6) is 0 Å². The number of benzene rings is 3. The highest BCUT2D eigenvalue weighted by Gasteiger charge is 2.54. The van der Waals surface area contributed by atoms with Gasteiger partial charge in [-0.3, -0.25) is 19.4 Å². The molecule has 3 aromatic rings. The zero-order chi connectivity index (χ0) is 29.9. The molecule has 3 aromatic carbocycles. The van der Waals surface area contributed by atoms with Gasteiger partial charge in [0.1, 0.15) is 0 Å². The van der Waals surface area contributed by atoms with Crippen LogP contribution in [0.25, 0.3) is 0 Å². The fourth-order valence-electron chi connectivity index (χ4n) is 8.73. The van der Waals surface area contributed by atoms with E-state index in [2.05, 4.69) is 0 Å². The normalized spacial score (nSPS) is 27.5. The van der Waals surface area contributed by atoms with Crippen LogP contribution in [0.2, 0.25) is 0 Å². The second-order valence-electron chi connectivity index (χ2n) is 12.8. The predicted molar refractivity (Wildman–Crippen MR) is 162 cm³/mol. The molecule has 0 saturated heterocycles. The third-order valence-electron chi connectivity index (χ3n) is 9.91. The van der Waals surface area contributed by atoms with Crippen LogP contribution in [-0.4, -0.2) is 41.5 Å². The summed E-state index contributed by atoms with van der Waals surface area (Å²) in [5.41, 5.74) is 7.52. The van der Waals surface area contributed by atoms with Gasteiger partial charge in [-0.2, -0.15) is 0 Å². The van der Waals surface area contributed by atoms with E-state index in [1.807, 2.05) is 42.5 Å². The number of hydrogen-bond donors (Lipinski definition) is 2. The summed E-state index contributed by atoms with van der Waals surface area (Å²) in [4.78, 5) is 58.7. The van der Waals surface area contributed by atoms with Gasteiger partial charge in [0.05, 0.1) is 16.9 Å². The summed E-state index contributed by atoms with van der Waals surface area (Å²) in [6.07, 6.45) is 6.90. The Kier molecular flexibility index (Phi) is 6.49. The van der Waals surface area contributed by atoms with Crippen LogP contribution in [0, 0.1) is 23.2 Å². The van der Waals surface area contributed by atoms with Crippen LogP contribution in [0.3, 0.4) is 0 Å². The van der Waals surface area contributed by atoms with Crippen molar-refractivity contribution in [3.63, 3.8) is 0 Å². The van der Waals surface area contributed by atoms with Crippen molar-refractivity contribution in [3.8, 4) is 0 Å². The lowest BCUT2D eigenvalue weighted by Gasteiger charge is -2.57. The second kappa shape index (κ2) is 10.3. The van der Waals surface area contributed by atoms with Gasteiger partial charge in [-0.05, 0) is 104 Å². The lowest BCUT2D eigenvalue weighted by Crippen LogP contribution is -2.60. The van der Waals surface area contributed by atoms with Crippen molar-refractivity contribution in [2.24, 2.45) is 28.9 Å². The predicted octanol–water partition coefficient (Wildman–Crippen LogP) is 5.57. The van der Waals surface area contributed by atoms with Gasteiger partial charge in [0.25, 0.3) is 11.8 Å². The van der Waals surface area contributed by atoms with Gasteiger partial charge in [0, 0.05) is 17.9 Å². The van der Waals surface area contributed by atoms with E-state index in [0.29, 0.717) is 41.4 Å². The first kappa shape index (κ1) is 27.2. The third kappa shape index (κ3) is 4.63. The number of nitrogens with zero attached hydrogens (tertiary/aromatic N) is 3. The summed E-state index contributed by atoms with van der Waals surface area (Å²) in [5, 5.41) is 9.64. The molecule has 9 nitrogen and oxygen atoms in total. The van der Waals surface area contributed by atoms with Crippen molar-refractivity contribution in [3.05, 3.63) is 84.4 Å². The lowest BCUT2D eigenvalue weighted by atomic mass is 9.49. The van der Waals surface area contributed by atoms with Crippen molar-refractivity contribution in [2.75, 3.05) is 21.2 Å². The molecular formula is C34H34N4O5. The highest BCUT2D eigenvalue weighted by atomic mass is 16.4. The van der Waals surface area contributed by atoms with Crippen molar-refractivity contribution in [1.82, 2.24) is 0 Å². The number of rotatable bonds is 6. The van der Waals surface area contributed by atoms with Crippen molar-refractivity contribution < 1.29 is 24.3 Å². The minimum Gasteiger partial charge on any atom is -0.478 e. The van der Waals surface area contributed by atoms with E-state index in [9.17, 15) is 24.3 Å². The summed E-state index contributed by atoms with van der Waals surface area (Å²) in [5.74, 6) is -0.429. The largest absolute Gasteiger partial charge is 0.478 e. The monoisotopic (exact) mass is 578 g/mol. The fourth-order valence-corrected chi connectivity index (χ4v) is 8.73. The van der Waals surface area contributed by atoms with Crippen molar-refractivity contribution in [2.45, 2.75) is 44.6 Å². The molecule has 0 spiro atoms. The van der Waals surface area contributed by atoms with Gasteiger partial charge in [-0.15, -0.1) is 0 Å². The highest BCUT2D eigenvalue weighted by Crippen LogP contribution is 2.60. The molecule has 4 bridgehead atoms. The molecule has 1 heterocycles. The molecule has 3 N–H and O–H groups in total. The molecule has 8 rings (SSSR count). The van der Waals surface area contributed by atoms with Crippen LogP contribution in [0.1, 0.15) is 48.9 Å². The number of carboxylic acid groups (broad SMARTS) is 1. The number of carboxylic acids is 1. The topological polar surface area (TPSA) is 124 Å². The first-order valence-electron chi connectivity index (χ1n) is 14.9. The van der Waals surface area contributed by atoms with E-state index < -0.39 is 29.9 Å². The number of hydrogen-bond acceptors (Lipinski definition) is 4. The number of anilines is 4. The Morgan fingerprint density at radius 2 is 1.42 bits per heavy atom. The Labute approximate surface area is 249 Å². The number of carbonyl (C=O) groups excluding carboxylic acids is 3. The van der Waals surface area contributed by atoms with Gasteiger partial charge in [0.15, 0.2) is 6.04 Å². The number of fused-ring (bicyclic) bond motifs is 1. The molecule has 4 fully saturated rings. The second-order valence-corrected chi connectivity index (χ2v) is 12.8. The Morgan fingerprint density at radius 1 is 0.814 bits per heavy atom. The quantitative estimate of drug-likeness (QED) is 0.370. The summed E-state index contributed by atoms with van der Waals surface area (Å²) in [6, 6.07) is 19.3. The molecule has 43 heavy (non-hydrogen) atoms. The van der Waals surface area contributed by atoms with Gasteiger partial charge in [0.2, 0.25) is 0 Å². The Bertz CT molecular complexity index is 1590. The average molecular weight is 579 g/mol. The minimum absolute atomic E-state index is 0.0617. The zero-order valence-corrected chi connectivity index (χ0v) is 23.8. The highest BCUT2D eigenvalue weighted by molar-refractivity contribution is 6.26. The molecule has 1 atom stereocenters. The molecule has 0 radical (unpaired) electrons. The molecular weight excluding hydrogens is 544 g/mol. The first-order chi connectivity index (χ1) is 20.7. The maximum Gasteiger partial charge on any atom is 0.335 e. The standard InChI is InChI=1S/C34H34N4O5/c35-33(43)38(26-10-6-7-24(16-26)32(41)42)29-30(39)36(20-34-17-21-13-22(18-34)15-23(14-21)19-34)27-11-4-5-12-28(27)37(31(29)40)25-8-2-1-3-9-25/h1-12,16,21-23,29H,13-15,17-20H2,(H2,35,43)(H,41,42). The third-order valence-corrected chi connectivity index (χ3v) is 9.91. The molecule has 0 aromatic heterocycles. The summed E-state index contributed by atoms with van der Waals surface area (Å²) in [7, 11) is 0. The number of aromatic carboxylic acids is 1. The van der Waals surface area contributed by atoms with E-state index in [1.165, 1.54) is 48.4 Å². The van der Waals surface area contributed by atoms with E-state index in [0.717, 1.165) is 24.2 Å². The van der Waals surface area contributed by atoms with Gasteiger partial charge >= 0.3 is 12.0 Å². The van der Waals surface area contributed by atoms with E-state index in [1.54, 1.807) is 17.0 Å². The summed E-state index contributed by atoms with van der Waals surface area (Å²) < 4.78 is 0. The zero-order valence-electron chi connectivity index (χ0n) is 23.8. The molecule has 9 heteroatoms. The van der Waals surface area contributed by atoms with E-state index >= 15 is 0 Å². The van der Waals surface area contributed by atoms with Crippen molar-refractivity contribution >= 4 is 46.6 Å².